The van der Waals surface area contributed by atoms with E-state index in [2.05, 4.69) is 4.79 Å². The predicted octanol–water partition coefficient (Wildman–Crippen LogP) is 2.27. The molecule has 1 N–H and O–H groups in total. The number of carbonyl (C=O) groups excluding carboxylic acids is 1. The molecule has 0 saturated heterocycles. The van der Waals surface area contributed by atoms with Crippen molar-refractivity contribution in [1.29, 1.82) is 0 Å². The van der Waals surface area contributed by atoms with Crippen LogP contribution in [0.25, 0.3) is 5.53 Å². The van der Waals surface area contributed by atoms with E-state index in [0.29, 0.717) is 11.1 Å². The quantitative estimate of drug-likeness (QED) is 0.392. The molecule has 0 fully saturated rings. The van der Waals surface area contributed by atoms with Crippen LogP contribution < -0.4 is 0 Å². The van der Waals surface area contributed by atoms with Gasteiger partial charge in [0.25, 0.3) is 5.78 Å². The van der Waals surface area contributed by atoms with Crippen molar-refractivity contribution in [1.82, 2.24) is 0 Å². The fourth-order valence-electron chi connectivity index (χ4n) is 1.75. The SMILES string of the molecule is [N-]=[N+]=C(C(=O)c1ccccc1)C(O)c1ccccc1. The number of rotatable bonds is 4. The summed E-state index contributed by atoms with van der Waals surface area (Å²) in [4.78, 5) is 15.1. The van der Waals surface area contributed by atoms with Crippen LogP contribution in [-0.4, -0.2) is 21.4 Å². The number of hydrogen-bond acceptors (Lipinski definition) is 2. The van der Waals surface area contributed by atoms with Crippen LogP contribution in [0.15, 0.2) is 60.7 Å². The first-order chi connectivity index (χ1) is 9.24. The van der Waals surface area contributed by atoms with E-state index in [9.17, 15) is 9.90 Å². The van der Waals surface area contributed by atoms with Crippen molar-refractivity contribution in [3.8, 4) is 0 Å². The average molecular weight is 252 g/mol. The van der Waals surface area contributed by atoms with Gasteiger partial charge in [-0.2, -0.15) is 4.79 Å². The molecule has 4 nitrogen and oxygen atoms in total. The highest BCUT2D eigenvalue weighted by atomic mass is 16.3. The fraction of sp³-hybridized carbons (Fsp3) is 0.0667. The van der Waals surface area contributed by atoms with Crippen LogP contribution in [0.2, 0.25) is 0 Å². The van der Waals surface area contributed by atoms with Gasteiger partial charge in [0.15, 0.2) is 6.10 Å². The molecule has 1 atom stereocenters. The van der Waals surface area contributed by atoms with E-state index in [1.165, 1.54) is 0 Å². The summed E-state index contributed by atoms with van der Waals surface area (Å²) in [6.07, 6.45) is -1.25. The number of aliphatic hydroxyl groups is 1. The van der Waals surface area contributed by atoms with Crippen LogP contribution in [0.1, 0.15) is 22.0 Å². The molecule has 0 radical (unpaired) electrons. The molecular formula is C15H12N2O2. The summed E-state index contributed by atoms with van der Waals surface area (Å²) >= 11 is 0. The lowest BCUT2D eigenvalue weighted by Gasteiger charge is -2.05. The molecular weight excluding hydrogens is 240 g/mol. The zero-order chi connectivity index (χ0) is 13.7. The average Bonchev–Trinajstić information content (AvgIpc) is 2.49. The van der Waals surface area contributed by atoms with E-state index < -0.39 is 11.9 Å². The minimum Gasteiger partial charge on any atom is -0.376 e. The van der Waals surface area contributed by atoms with Crippen molar-refractivity contribution in [2.45, 2.75) is 6.10 Å². The molecule has 4 heteroatoms. The molecule has 0 aromatic heterocycles. The third-order valence-electron chi connectivity index (χ3n) is 2.75. The monoisotopic (exact) mass is 252 g/mol. The molecule has 94 valence electrons. The van der Waals surface area contributed by atoms with Crippen molar-refractivity contribution in [3.05, 3.63) is 77.3 Å². The highest BCUT2D eigenvalue weighted by Crippen LogP contribution is 2.15. The highest BCUT2D eigenvalue weighted by molar-refractivity contribution is 6.45. The summed E-state index contributed by atoms with van der Waals surface area (Å²) < 4.78 is 0. The Bertz CT molecular complexity index is 617. The second-order valence-electron chi connectivity index (χ2n) is 3.99. The number of hydrogen-bond donors (Lipinski definition) is 1. The maximum absolute atomic E-state index is 12.1. The normalized spacial score (nSPS) is 11.4. The first-order valence-corrected chi connectivity index (χ1v) is 5.78. The molecule has 2 aromatic rings. The summed E-state index contributed by atoms with van der Waals surface area (Å²) in [5, 5.41) is 10.1. The molecule has 0 heterocycles. The summed E-state index contributed by atoms with van der Waals surface area (Å²) in [5.74, 6) is -0.501. The standard InChI is InChI=1S/C15H12N2O2/c16-17-13(14(18)11-7-3-1-4-8-11)15(19)12-9-5-2-6-10-12/h1-10,14,18H. The Hall–Kier alpha value is -2.55. The summed E-state index contributed by atoms with van der Waals surface area (Å²) in [5.41, 5.74) is 9.57. The van der Waals surface area contributed by atoms with Gasteiger partial charge in [0, 0.05) is 5.56 Å². The van der Waals surface area contributed by atoms with Crippen molar-refractivity contribution >= 4 is 11.5 Å². The molecule has 0 aliphatic heterocycles. The Balaban J connectivity index is 2.32. The Morgan fingerprint density at radius 2 is 1.53 bits per heavy atom. The number of carbonyl (C=O) groups is 1. The van der Waals surface area contributed by atoms with Gasteiger partial charge < -0.3 is 10.6 Å². The van der Waals surface area contributed by atoms with Crippen LogP contribution in [0.3, 0.4) is 0 Å². The van der Waals surface area contributed by atoms with Gasteiger partial charge in [-0.15, -0.1) is 0 Å². The van der Waals surface area contributed by atoms with Crippen molar-refractivity contribution < 1.29 is 14.7 Å². The second kappa shape index (κ2) is 5.87. The Kier molecular flexibility index (Phi) is 3.98. The highest BCUT2D eigenvalue weighted by Gasteiger charge is 2.31. The van der Waals surface area contributed by atoms with E-state index >= 15 is 0 Å². The van der Waals surface area contributed by atoms with E-state index in [1.54, 1.807) is 60.7 Å². The first kappa shape index (κ1) is 12.9. The lowest BCUT2D eigenvalue weighted by atomic mass is 9.98. The van der Waals surface area contributed by atoms with E-state index in [4.69, 9.17) is 5.53 Å². The maximum atomic E-state index is 12.1. The summed E-state index contributed by atoms with van der Waals surface area (Å²) in [6, 6.07) is 17.0. The fourth-order valence-corrected chi connectivity index (χ4v) is 1.75. The minimum absolute atomic E-state index is 0.294. The zero-order valence-corrected chi connectivity index (χ0v) is 10.1. The number of nitrogens with zero attached hydrogens (tertiary/aromatic N) is 2. The maximum Gasteiger partial charge on any atom is 0.371 e. The molecule has 0 spiro atoms. The van der Waals surface area contributed by atoms with Gasteiger partial charge in [0.2, 0.25) is 0 Å². The third-order valence-corrected chi connectivity index (χ3v) is 2.75. The molecule has 0 amide bonds. The zero-order valence-electron chi connectivity index (χ0n) is 10.1. The summed E-state index contributed by atoms with van der Waals surface area (Å²) in [6.45, 7) is 0. The smallest absolute Gasteiger partial charge is 0.371 e. The Morgan fingerprint density at radius 1 is 1.00 bits per heavy atom. The van der Waals surface area contributed by atoms with Crippen molar-refractivity contribution in [3.63, 3.8) is 0 Å². The third kappa shape index (κ3) is 2.83. The molecule has 0 aliphatic carbocycles. The van der Waals surface area contributed by atoms with Gasteiger partial charge in [0.05, 0.1) is 0 Å². The molecule has 0 bridgehead atoms. The summed E-state index contributed by atoms with van der Waals surface area (Å²) in [7, 11) is 0. The van der Waals surface area contributed by atoms with Gasteiger partial charge in [-0.05, 0) is 5.56 Å². The predicted molar refractivity (Wildman–Crippen MR) is 70.8 cm³/mol. The Labute approximate surface area is 110 Å². The molecule has 0 saturated carbocycles. The van der Waals surface area contributed by atoms with Crippen LogP contribution in [0.5, 0.6) is 0 Å². The van der Waals surface area contributed by atoms with E-state index in [1.807, 2.05) is 0 Å². The molecule has 2 rings (SSSR count). The molecule has 19 heavy (non-hydrogen) atoms. The van der Waals surface area contributed by atoms with Crippen molar-refractivity contribution in [2.24, 2.45) is 0 Å². The molecule has 0 aliphatic rings. The number of benzene rings is 2. The van der Waals surface area contributed by atoms with Gasteiger partial charge in [-0.3, -0.25) is 4.79 Å². The molecule has 1 unspecified atom stereocenters. The Morgan fingerprint density at radius 3 is 2.05 bits per heavy atom. The largest absolute Gasteiger partial charge is 0.376 e. The van der Waals surface area contributed by atoms with Gasteiger partial charge in [-0.1, -0.05) is 60.7 Å². The molecule has 2 aromatic carbocycles. The lowest BCUT2D eigenvalue weighted by Crippen LogP contribution is -2.23. The number of Topliss-reactive ketones (excluding diaryl/α,β-unsaturated/α-hetero) is 1. The topological polar surface area (TPSA) is 73.7 Å². The number of aliphatic hydroxyl groups excluding tert-OH is 1. The second-order valence-corrected chi connectivity index (χ2v) is 3.99. The lowest BCUT2D eigenvalue weighted by molar-refractivity contribution is -0.0213. The van der Waals surface area contributed by atoms with Gasteiger partial charge >= 0.3 is 5.71 Å². The van der Waals surface area contributed by atoms with Crippen LogP contribution in [0.4, 0.5) is 0 Å². The van der Waals surface area contributed by atoms with Crippen molar-refractivity contribution in [2.75, 3.05) is 0 Å². The van der Waals surface area contributed by atoms with E-state index in [0.717, 1.165) is 0 Å². The van der Waals surface area contributed by atoms with Gasteiger partial charge in [0.1, 0.15) is 0 Å². The van der Waals surface area contributed by atoms with E-state index in [-0.39, 0.29) is 5.71 Å². The number of ketones is 1. The van der Waals surface area contributed by atoms with Crippen LogP contribution >= 0.6 is 0 Å². The van der Waals surface area contributed by atoms with Gasteiger partial charge in [-0.25, -0.2) is 0 Å². The van der Waals surface area contributed by atoms with Crippen LogP contribution in [-0.2, 0) is 0 Å². The minimum atomic E-state index is -1.25. The van der Waals surface area contributed by atoms with Crippen LogP contribution in [0, 0.1) is 0 Å². The first-order valence-electron chi connectivity index (χ1n) is 5.78.